The van der Waals surface area contributed by atoms with Crippen LogP contribution in [0.1, 0.15) is 24.0 Å². The lowest BCUT2D eigenvalue weighted by atomic mass is 9.91. The molecule has 1 heterocycles. The van der Waals surface area contributed by atoms with E-state index in [0.717, 1.165) is 16.8 Å². The molecule has 0 bridgehead atoms. The number of hydrogen-bond donors (Lipinski definition) is 1. The number of hydrazone groups is 1. The fraction of sp³-hybridized carbons (Fsp3) is 0.222. The predicted molar refractivity (Wildman–Crippen MR) is 146 cm³/mol. The van der Waals surface area contributed by atoms with Gasteiger partial charge < -0.3 is 9.47 Å². The molecule has 0 radical (unpaired) electrons. The minimum atomic E-state index is -3.99. The molecule has 0 amide bonds. The summed E-state index contributed by atoms with van der Waals surface area (Å²) in [6.07, 6.45) is 0. The topological polar surface area (TPSA) is 110 Å². The summed E-state index contributed by atoms with van der Waals surface area (Å²) in [6, 6.07) is 22.9. The van der Waals surface area contributed by atoms with Crippen molar-refractivity contribution < 1.29 is 22.7 Å². The number of esters is 1. The largest absolute Gasteiger partial charge is 0.482 e. The van der Waals surface area contributed by atoms with E-state index in [2.05, 4.69) is 9.71 Å². The first-order valence-corrected chi connectivity index (χ1v) is 13.7. The maximum Gasteiger partial charge on any atom is 0.344 e. The first-order chi connectivity index (χ1) is 18.3. The van der Waals surface area contributed by atoms with Crippen molar-refractivity contribution in [3.63, 3.8) is 0 Å². The van der Waals surface area contributed by atoms with Gasteiger partial charge in [-0.3, -0.25) is 4.99 Å². The smallest absolute Gasteiger partial charge is 0.344 e. The van der Waals surface area contributed by atoms with Crippen molar-refractivity contribution in [3.05, 3.63) is 95.0 Å². The van der Waals surface area contributed by atoms with Crippen LogP contribution in [0.25, 0.3) is 0 Å². The number of halogens is 1. The molecule has 1 N–H and O–H groups in total. The SMILES string of the molecule is CCOC(=O)COc1ccc(S(=O)(=O)NC(=NC)N2CC(c3ccccc3)C(c3ccc(Cl)cc3)=N2)cc1. The zero-order valence-corrected chi connectivity index (χ0v) is 22.4. The Morgan fingerprint density at radius 2 is 1.76 bits per heavy atom. The summed E-state index contributed by atoms with van der Waals surface area (Å²) in [4.78, 5) is 15.7. The maximum atomic E-state index is 13.2. The Kier molecular flexibility index (Phi) is 8.65. The first kappa shape index (κ1) is 27.2. The molecule has 0 saturated heterocycles. The number of benzene rings is 3. The molecule has 3 aromatic rings. The Labute approximate surface area is 226 Å². The zero-order chi connectivity index (χ0) is 27.1. The number of nitrogens with zero attached hydrogens (tertiary/aromatic N) is 3. The van der Waals surface area contributed by atoms with Crippen molar-refractivity contribution in [1.29, 1.82) is 0 Å². The highest BCUT2D eigenvalue weighted by Crippen LogP contribution is 2.29. The van der Waals surface area contributed by atoms with E-state index in [9.17, 15) is 13.2 Å². The number of carbonyl (C=O) groups excluding carboxylic acids is 1. The van der Waals surface area contributed by atoms with E-state index in [4.69, 9.17) is 26.2 Å². The van der Waals surface area contributed by atoms with Gasteiger partial charge in [-0.15, -0.1) is 0 Å². The standard InChI is InChI=1S/C27H27ClN4O5S/c1-3-36-25(33)18-37-22-13-15-23(16-14-22)38(34,35)31-27(29-2)32-17-24(19-7-5-4-6-8-19)26(30-32)20-9-11-21(28)12-10-20/h4-16,24H,3,17-18H2,1-2H3,(H,29,31). The Morgan fingerprint density at radius 1 is 1.08 bits per heavy atom. The number of nitrogens with one attached hydrogen (secondary N) is 1. The fourth-order valence-corrected chi connectivity index (χ4v) is 5.09. The van der Waals surface area contributed by atoms with E-state index >= 15 is 0 Å². The Morgan fingerprint density at radius 3 is 2.39 bits per heavy atom. The van der Waals surface area contributed by atoms with E-state index < -0.39 is 16.0 Å². The molecule has 0 spiro atoms. The first-order valence-electron chi connectivity index (χ1n) is 11.9. The van der Waals surface area contributed by atoms with Crippen LogP contribution in [0.15, 0.2) is 93.9 Å². The highest BCUT2D eigenvalue weighted by Gasteiger charge is 2.32. The molecule has 9 nitrogen and oxygen atoms in total. The highest BCUT2D eigenvalue weighted by molar-refractivity contribution is 7.90. The second-order valence-electron chi connectivity index (χ2n) is 8.26. The zero-order valence-electron chi connectivity index (χ0n) is 20.9. The van der Waals surface area contributed by atoms with Gasteiger partial charge in [-0.25, -0.2) is 22.9 Å². The summed E-state index contributed by atoms with van der Waals surface area (Å²) in [5, 5.41) is 6.91. The van der Waals surface area contributed by atoms with Crippen molar-refractivity contribution in [2.45, 2.75) is 17.7 Å². The molecule has 0 aliphatic carbocycles. The van der Waals surface area contributed by atoms with Crippen molar-refractivity contribution in [2.24, 2.45) is 10.1 Å². The van der Waals surface area contributed by atoms with Crippen molar-refractivity contribution in [3.8, 4) is 5.75 Å². The number of sulfonamides is 1. The van der Waals surface area contributed by atoms with Crippen LogP contribution in [-0.4, -0.2) is 57.9 Å². The Hall–Kier alpha value is -3.89. The molecule has 0 fully saturated rings. The normalized spacial score (nSPS) is 15.7. The van der Waals surface area contributed by atoms with E-state index in [0.29, 0.717) is 17.3 Å². The number of guanidine groups is 1. The summed E-state index contributed by atoms with van der Waals surface area (Å²) in [5.41, 5.74) is 2.69. The van der Waals surface area contributed by atoms with Gasteiger partial charge in [0.2, 0.25) is 5.96 Å². The number of rotatable bonds is 8. The molecule has 3 aromatic carbocycles. The summed E-state index contributed by atoms with van der Waals surface area (Å²) in [7, 11) is -2.49. The lowest BCUT2D eigenvalue weighted by molar-refractivity contribution is -0.145. The fourth-order valence-electron chi connectivity index (χ4n) is 3.91. The third-order valence-corrected chi connectivity index (χ3v) is 7.33. The Bertz CT molecular complexity index is 1430. The molecule has 1 aliphatic heterocycles. The minimum Gasteiger partial charge on any atom is -0.482 e. The molecule has 0 saturated carbocycles. The van der Waals surface area contributed by atoms with Crippen LogP contribution in [0.2, 0.25) is 5.02 Å². The molecular weight excluding hydrogens is 528 g/mol. The van der Waals surface area contributed by atoms with Gasteiger partial charge in [0.1, 0.15) is 5.75 Å². The third kappa shape index (κ3) is 6.51. The van der Waals surface area contributed by atoms with Crippen LogP contribution in [0, 0.1) is 0 Å². The molecule has 38 heavy (non-hydrogen) atoms. The van der Waals surface area contributed by atoms with Gasteiger partial charge in [0.05, 0.1) is 23.8 Å². The summed E-state index contributed by atoms with van der Waals surface area (Å²) >= 11 is 6.08. The quantitative estimate of drug-likeness (QED) is 0.255. The van der Waals surface area contributed by atoms with E-state index in [1.54, 1.807) is 24.1 Å². The molecule has 1 aliphatic rings. The molecule has 4 rings (SSSR count). The molecule has 11 heteroatoms. The van der Waals surface area contributed by atoms with Crippen LogP contribution in [-0.2, 0) is 19.6 Å². The van der Waals surface area contributed by atoms with Crippen LogP contribution in [0.3, 0.4) is 0 Å². The second-order valence-corrected chi connectivity index (χ2v) is 10.4. The summed E-state index contributed by atoms with van der Waals surface area (Å²) in [5.74, 6) is -0.205. The molecule has 1 atom stereocenters. The number of hydrogen-bond acceptors (Lipinski definition) is 7. The van der Waals surface area contributed by atoms with Crippen LogP contribution in [0.5, 0.6) is 5.75 Å². The molecule has 1 unspecified atom stereocenters. The summed E-state index contributed by atoms with van der Waals surface area (Å²) in [6.45, 7) is 2.07. The number of carbonyl (C=O) groups is 1. The van der Waals surface area contributed by atoms with E-state index in [1.165, 1.54) is 31.3 Å². The van der Waals surface area contributed by atoms with Crippen LogP contribution >= 0.6 is 11.6 Å². The van der Waals surface area contributed by atoms with Crippen LogP contribution < -0.4 is 9.46 Å². The third-order valence-electron chi connectivity index (χ3n) is 5.73. The minimum absolute atomic E-state index is 0.00263. The van der Waals surface area contributed by atoms with Crippen molar-refractivity contribution in [2.75, 3.05) is 26.8 Å². The molecule has 198 valence electrons. The number of aliphatic imine (C=N–C) groups is 1. The Balaban J connectivity index is 1.53. The van der Waals surface area contributed by atoms with E-state index in [1.807, 2.05) is 42.5 Å². The maximum absolute atomic E-state index is 13.2. The molecule has 0 aromatic heterocycles. The van der Waals surface area contributed by atoms with Gasteiger partial charge in [-0.05, 0) is 54.4 Å². The van der Waals surface area contributed by atoms with E-state index in [-0.39, 0.29) is 30.0 Å². The van der Waals surface area contributed by atoms with Gasteiger partial charge in [0.25, 0.3) is 10.0 Å². The lowest BCUT2D eigenvalue weighted by Gasteiger charge is -2.19. The lowest BCUT2D eigenvalue weighted by Crippen LogP contribution is -2.41. The average molecular weight is 555 g/mol. The van der Waals surface area contributed by atoms with Gasteiger partial charge in [0, 0.05) is 18.0 Å². The summed E-state index contributed by atoms with van der Waals surface area (Å²) < 4.78 is 39.0. The van der Waals surface area contributed by atoms with Gasteiger partial charge in [-0.1, -0.05) is 54.1 Å². The van der Waals surface area contributed by atoms with Gasteiger partial charge >= 0.3 is 5.97 Å². The van der Waals surface area contributed by atoms with Crippen molar-refractivity contribution in [1.82, 2.24) is 9.73 Å². The predicted octanol–water partition coefficient (Wildman–Crippen LogP) is 4.05. The van der Waals surface area contributed by atoms with Gasteiger partial charge in [0.15, 0.2) is 6.61 Å². The number of ether oxygens (including phenoxy) is 2. The highest BCUT2D eigenvalue weighted by atomic mass is 35.5. The van der Waals surface area contributed by atoms with Crippen molar-refractivity contribution >= 4 is 39.3 Å². The molecular formula is C27H27ClN4O5S. The van der Waals surface area contributed by atoms with Gasteiger partial charge in [-0.2, -0.15) is 5.10 Å². The monoisotopic (exact) mass is 554 g/mol. The average Bonchev–Trinajstić information content (AvgIpc) is 3.37. The second kappa shape index (κ2) is 12.1. The van der Waals surface area contributed by atoms with Crippen LogP contribution in [0.4, 0.5) is 0 Å².